The van der Waals surface area contributed by atoms with Crippen LogP contribution in [0.25, 0.3) is 0 Å². The van der Waals surface area contributed by atoms with Gasteiger partial charge in [-0.05, 0) is 37.0 Å². The Kier molecular flexibility index (Phi) is 5.48. The molecule has 0 N–H and O–H groups in total. The Bertz CT molecular complexity index is 818. The standard InChI is InChI=1S/C22H24N2O2S/c25-21-15-20(17-9-3-1-4-10-17)27-19-12-6-5-11-18(19)24(21)16-22(26)23-13-7-2-8-14-23/h1,3-6,9-12,20H,2,7-8,13-16H2. The third-order valence-corrected chi connectivity index (χ3v) is 6.58. The van der Waals surface area contributed by atoms with Gasteiger partial charge in [0, 0.05) is 29.7 Å². The van der Waals surface area contributed by atoms with Crippen LogP contribution in [0.2, 0.25) is 0 Å². The van der Waals surface area contributed by atoms with Gasteiger partial charge < -0.3 is 9.80 Å². The van der Waals surface area contributed by atoms with Crippen molar-refractivity contribution in [1.29, 1.82) is 0 Å². The van der Waals surface area contributed by atoms with Gasteiger partial charge in [-0.2, -0.15) is 0 Å². The monoisotopic (exact) mass is 380 g/mol. The molecule has 0 aromatic heterocycles. The summed E-state index contributed by atoms with van der Waals surface area (Å²) in [5, 5.41) is 0.0648. The number of rotatable bonds is 3. The number of nitrogens with zero attached hydrogens (tertiary/aromatic N) is 2. The number of carbonyl (C=O) groups excluding carboxylic acids is 2. The average Bonchev–Trinajstić information content (AvgIpc) is 2.86. The fraction of sp³-hybridized carbons (Fsp3) is 0.364. The van der Waals surface area contributed by atoms with Crippen LogP contribution in [0.15, 0.2) is 59.5 Å². The second kappa shape index (κ2) is 8.17. The predicted octanol–water partition coefficient (Wildman–Crippen LogP) is 4.27. The maximum Gasteiger partial charge on any atom is 0.242 e. The quantitative estimate of drug-likeness (QED) is 0.798. The molecule has 2 aliphatic heterocycles. The summed E-state index contributed by atoms with van der Waals surface area (Å²) < 4.78 is 0. The average molecular weight is 381 g/mol. The van der Waals surface area contributed by atoms with E-state index in [0.717, 1.165) is 42.1 Å². The first-order valence-corrected chi connectivity index (χ1v) is 10.5. The number of para-hydroxylation sites is 1. The minimum atomic E-state index is 0.0201. The minimum Gasteiger partial charge on any atom is -0.341 e. The smallest absolute Gasteiger partial charge is 0.242 e. The SMILES string of the molecule is O=C(CN1C(=O)CC(c2ccccc2)Sc2ccccc21)N1CCCCC1. The van der Waals surface area contributed by atoms with Crippen molar-refractivity contribution in [3.63, 3.8) is 0 Å². The van der Waals surface area contributed by atoms with Gasteiger partial charge in [-0.1, -0.05) is 42.5 Å². The first-order valence-electron chi connectivity index (χ1n) is 9.61. The van der Waals surface area contributed by atoms with Crippen LogP contribution in [-0.2, 0) is 9.59 Å². The zero-order chi connectivity index (χ0) is 18.6. The molecule has 2 heterocycles. The zero-order valence-electron chi connectivity index (χ0n) is 15.3. The number of thioether (sulfide) groups is 1. The van der Waals surface area contributed by atoms with E-state index >= 15 is 0 Å². The fourth-order valence-corrected chi connectivity index (χ4v) is 5.07. The summed E-state index contributed by atoms with van der Waals surface area (Å²) >= 11 is 1.71. The number of hydrogen-bond acceptors (Lipinski definition) is 3. The lowest BCUT2D eigenvalue weighted by atomic mass is 10.1. The van der Waals surface area contributed by atoms with E-state index in [-0.39, 0.29) is 23.6 Å². The van der Waals surface area contributed by atoms with Gasteiger partial charge in [-0.15, -0.1) is 11.8 Å². The number of piperidine rings is 1. The molecule has 2 aliphatic rings. The zero-order valence-corrected chi connectivity index (χ0v) is 16.2. The van der Waals surface area contributed by atoms with Gasteiger partial charge in [-0.3, -0.25) is 9.59 Å². The molecule has 0 bridgehead atoms. The molecule has 1 saturated heterocycles. The van der Waals surface area contributed by atoms with Crippen LogP contribution < -0.4 is 4.90 Å². The highest BCUT2D eigenvalue weighted by molar-refractivity contribution is 7.99. The van der Waals surface area contributed by atoms with Gasteiger partial charge in [-0.25, -0.2) is 0 Å². The third-order valence-electron chi connectivity index (χ3n) is 5.26. The van der Waals surface area contributed by atoms with Gasteiger partial charge in [0.25, 0.3) is 0 Å². The summed E-state index contributed by atoms with van der Waals surface area (Å²) in [5.41, 5.74) is 2.01. The Morgan fingerprint density at radius 3 is 2.44 bits per heavy atom. The van der Waals surface area contributed by atoms with Crippen molar-refractivity contribution < 1.29 is 9.59 Å². The summed E-state index contributed by atoms with van der Waals surface area (Å²) in [6.07, 6.45) is 3.70. The molecule has 5 heteroatoms. The highest BCUT2D eigenvalue weighted by Crippen LogP contribution is 2.45. The Morgan fingerprint density at radius 2 is 1.67 bits per heavy atom. The summed E-state index contributed by atoms with van der Waals surface area (Å²) in [4.78, 5) is 30.6. The summed E-state index contributed by atoms with van der Waals surface area (Å²) in [6, 6.07) is 18.1. The third kappa shape index (κ3) is 4.03. The highest BCUT2D eigenvalue weighted by Gasteiger charge is 2.31. The molecule has 2 aromatic carbocycles. The van der Waals surface area contributed by atoms with E-state index in [1.165, 1.54) is 6.42 Å². The molecule has 1 unspecified atom stereocenters. The van der Waals surface area contributed by atoms with Gasteiger partial charge in [0.2, 0.25) is 11.8 Å². The van der Waals surface area contributed by atoms with Crippen molar-refractivity contribution in [1.82, 2.24) is 4.90 Å². The number of benzene rings is 2. The first kappa shape index (κ1) is 18.1. The number of anilines is 1. The number of amides is 2. The lowest BCUT2D eigenvalue weighted by molar-refractivity contribution is -0.132. The first-order chi connectivity index (χ1) is 13.2. The number of carbonyl (C=O) groups is 2. The Labute approximate surface area is 164 Å². The second-order valence-corrected chi connectivity index (χ2v) is 8.35. The van der Waals surface area contributed by atoms with Gasteiger partial charge in [0.05, 0.1) is 5.69 Å². The van der Waals surface area contributed by atoms with E-state index in [0.29, 0.717) is 6.42 Å². The van der Waals surface area contributed by atoms with E-state index in [1.807, 2.05) is 47.4 Å². The summed E-state index contributed by atoms with van der Waals surface area (Å²) in [7, 11) is 0. The van der Waals surface area contributed by atoms with E-state index < -0.39 is 0 Å². The number of likely N-dealkylation sites (tertiary alicyclic amines) is 1. The maximum absolute atomic E-state index is 13.1. The van der Waals surface area contributed by atoms with E-state index in [9.17, 15) is 9.59 Å². The van der Waals surface area contributed by atoms with Gasteiger partial charge >= 0.3 is 0 Å². The van der Waals surface area contributed by atoms with Crippen LogP contribution in [0.4, 0.5) is 5.69 Å². The molecular formula is C22H24N2O2S. The lowest BCUT2D eigenvalue weighted by Crippen LogP contribution is -2.44. The van der Waals surface area contributed by atoms with Crippen molar-refractivity contribution in [3.8, 4) is 0 Å². The van der Waals surface area contributed by atoms with Crippen LogP contribution in [0.3, 0.4) is 0 Å². The van der Waals surface area contributed by atoms with Gasteiger partial charge in [0.1, 0.15) is 6.54 Å². The van der Waals surface area contributed by atoms with Crippen molar-refractivity contribution in [3.05, 3.63) is 60.2 Å². The van der Waals surface area contributed by atoms with E-state index in [2.05, 4.69) is 12.1 Å². The van der Waals surface area contributed by atoms with Crippen molar-refractivity contribution >= 4 is 29.3 Å². The largest absolute Gasteiger partial charge is 0.341 e. The van der Waals surface area contributed by atoms with Crippen molar-refractivity contribution in [2.24, 2.45) is 0 Å². The molecular weight excluding hydrogens is 356 g/mol. The van der Waals surface area contributed by atoms with Crippen molar-refractivity contribution in [2.75, 3.05) is 24.5 Å². The van der Waals surface area contributed by atoms with Crippen LogP contribution in [0, 0.1) is 0 Å². The second-order valence-electron chi connectivity index (χ2n) is 7.11. The number of fused-ring (bicyclic) bond motifs is 1. The van der Waals surface area contributed by atoms with Crippen LogP contribution in [-0.4, -0.2) is 36.3 Å². The van der Waals surface area contributed by atoms with Gasteiger partial charge in [0.15, 0.2) is 0 Å². The lowest BCUT2D eigenvalue weighted by Gasteiger charge is -2.30. The summed E-state index contributed by atoms with van der Waals surface area (Å²) in [5.74, 6) is 0.0766. The molecule has 0 aliphatic carbocycles. The topological polar surface area (TPSA) is 40.6 Å². The molecule has 2 aromatic rings. The predicted molar refractivity (Wildman–Crippen MR) is 109 cm³/mol. The summed E-state index contributed by atoms with van der Waals surface area (Å²) in [6.45, 7) is 1.76. The minimum absolute atomic E-state index is 0.0201. The Hall–Kier alpha value is -2.27. The molecule has 4 rings (SSSR count). The highest BCUT2D eigenvalue weighted by atomic mass is 32.2. The van der Waals surface area contributed by atoms with Crippen molar-refractivity contribution in [2.45, 2.75) is 35.8 Å². The molecule has 1 fully saturated rings. The molecule has 4 nitrogen and oxygen atoms in total. The van der Waals surface area contributed by atoms with E-state index in [4.69, 9.17) is 0 Å². The number of hydrogen-bond donors (Lipinski definition) is 0. The normalized spacial score (nSPS) is 20.1. The maximum atomic E-state index is 13.1. The van der Waals surface area contributed by atoms with Crippen LogP contribution in [0.5, 0.6) is 0 Å². The molecule has 140 valence electrons. The molecule has 0 radical (unpaired) electrons. The van der Waals surface area contributed by atoms with Crippen LogP contribution in [0.1, 0.15) is 36.5 Å². The van der Waals surface area contributed by atoms with Crippen LogP contribution >= 0.6 is 11.8 Å². The molecule has 2 amide bonds. The Morgan fingerprint density at radius 1 is 0.963 bits per heavy atom. The molecule has 27 heavy (non-hydrogen) atoms. The Balaban J connectivity index is 1.60. The molecule has 1 atom stereocenters. The molecule has 0 saturated carbocycles. The molecule has 0 spiro atoms. The fourth-order valence-electron chi connectivity index (χ4n) is 3.78. The van der Waals surface area contributed by atoms with E-state index in [1.54, 1.807) is 16.7 Å².